The molecule has 0 aromatic heterocycles. The molecule has 0 radical (unpaired) electrons. The van der Waals surface area contributed by atoms with Crippen molar-refractivity contribution in [3.05, 3.63) is 35.4 Å². The molecule has 1 fully saturated rings. The van der Waals surface area contributed by atoms with E-state index in [1.54, 1.807) is 0 Å². The first-order valence-corrected chi connectivity index (χ1v) is 5.98. The lowest BCUT2D eigenvalue weighted by molar-refractivity contribution is -0.137. The quantitative estimate of drug-likeness (QED) is 0.883. The van der Waals surface area contributed by atoms with Crippen LogP contribution < -0.4 is 5.32 Å². The average Bonchev–Trinajstić information content (AvgIpc) is 2.26. The number of hydrogen-bond acceptors (Lipinski definition) is 2. The first kappa shape index (κ1) is 13.9. The van der Waals surface area contributed by atoms with E-state index < -0.39 is 11.7 Å². The lowest BCUT2D eigenvalue weighted by Crippen LogP contribution is -2.47. The predicted octanol–water partition coefficient (Wildman–Crippen LogP) is 1.89. The van der Waals surface area contributed by atoms with E-state index in [4.69, 9.17) is 5.11 Å². The minimum atomic E-state index is -4.40. The minimum absolute atomic E-state index is 0.0618. The molecule has 0 unspecified atom stereocenters. The molecule has 3 nitrogen and oxygen atoms in total. The summed E-state index contributed by atoms with van der Waals surface area (Å²) >= 11 is 0. The van der Waals surface area contributed by atoms with Gasteiger partial charge in [0.05, 0.1) is 18.1 Å². The Balaban J connectivity index is 1.93. The van der Waals surface area contributed by atoms with E-state index in [9.17, 15) is 18.0 Å². The Morgan fingerprint density at radius 1 is 1.37 bits per heavy atom. The second kappa shape index (κ2) is 5.21. The average molecular weight is 273 g/mol. The first-order chi connectivity index (χ1) is 8.84. The molecule has 2 N–H and O–H groups in total. The highest BCUT2D eigenvalue weighted by Gasteiger charge is 2.31. The van der Waals surface area contributed by atoms with Crippen LogP contribution in [0.3, 0.4) is 0 Å². The van der Waals surface area contributed by atoms with E-state index in [2.05, 4.69) is 5.32 Å². The van der Waals surface area contributed by atoms with Crippen molar-refractivity contribution in [3.63, 3.8) is 0 Å². The third kappa shape index (κ3) is 3.70. The maximum Gasteiger partial charge on any atom is 0.416 e. The van der Waals surface area contributed by atoms with Crippen LogP contribution >= 0.6 is 0 Å². The molecule has 0 spiro atoms. The smallest absolute Gasteiger partial charge is 0.393 e. The second-order valence-corrected chi connectivity index (χ2v) is 4.76. The summed E-state index contributed by atoms with van der Waals surface area (Å²) in [5.74, 6) is -0.323. The van der Waals surface area contributed by atoms with Gasteiger partial charge in [0, 0.05) is 6.04 Å². The Labute approximate surface area is 108 Å². The molecule has 1 aromatic rings. The van der Waals surface area contributed by atoms with Crippen LogP contribution in [0.1, 0.15) is 24.0 Å². The number of amides is 1. The lowest BCUT2D eigenvalue weighted by Gasteiger charge is -2.31. The van der Waals surface area contributed by atoms with Gasteiger partial charge in [0.2, 0.25) is 5.91 Å². The van der Waals surface area contributed by atoms with Gasteiger partial charge in [-0.25, -0.2) is 0 Å². The molecule has 1 aliphatic carbocycles. The van der Waals surface area contributed by atoms with Gasteiger partial charge in [0.15, 0.2) is 0 Å². The molecule has 0 aliphatic heterocycles. The van der Waals surface area contributed by atoms with Gasteiger partial charge in [-0.15, -0.1) is 0 Å². The van der Waals surface area contributed by atoms with Gasteiger partial charge in [0.1, 0.15) is 0 Å². The summed E-state index contributed by atoms with van der Waals surface area (Å²) in [6, 6.07) is 4.68. The van der Waals surface area contributed by atoms with E-state index in [0.717, 1.165) is 12.1 Å². The SMILES string of the molecule is O=C(Cc1cccc(C(F)(F)F)c1)NC1CC(O)C1. The number of rotatable bonds is 3. The molecule has 1 aromatic carbocycles. The standard InChI is InChI=1S/C13H14F3NO2/c14-13(15,16)9-3-1-2-8(4-9)5-12(19)17-10-6-11(18)7-10/h1-4,10-11,18H,5-7H2,(H,17,19). The number of nitrogens with one attached hydrogen (secondary N) is 1. The van der Waals surface area contributed by atoms with Crippen LogP contribution in [0.15, 0.2) is 24.3 Å². The Kier molecular flexibility index (Phi) is 3.80. The monoisotopic (exact) mass is 273 g/mol. The number of carbonyl (C=O) groups is 1. The third-order valence-corrected chi connectivity index (χ3v) is 3.10. The van der Waals surface area contributed by atoms with Crippen LogP contribution in [0.2, 0.25) is 0 Å². The Morgan fingerprint density at radius 3 is 2.63 bits per heavy atom. The van der Waals surface area contributed by atoms with Gasteiger partial charge in [0.25, 0.3) is 0 Å². The topological polar surface area (TPSA) is 49.3 Å². The lowest BCUT2D eigenvalue weighted by atomic mass is 9.89. The summed E-state index contributed by atoms with van der Waals surface area (Å²) in [6.45, 7) is 0. The Morgan fingerprint density at radius 2 is 2.05 bits per heavy atom. The number of benzene rings is 1. The molecule has 0 atom stereocenters. The molecule has 104 valence electrons. The number of aliphatic hydroxyl groups excluding tert-OH is 1. The van der Waals surface area contributed by atoms with Crippen LogP contribution in [-0.2, 0) is 17.4 Å². The van der Waals surface area contributed by atoms with Crippen molar-refractivity contribution in [3.8, 4) is 0 Å². The molecule has 1 saturated carbocycles. The fourth-order valence-corrected chi connectivity index (χ4v) is 2.03. The van der Waals surface area contributed by atoms with Crippen molar-refractivity contribution in [2.45, 2.75) is 37.6 Å². The molecule has 19 heavy (non-hydrogen) atoms. The first-order valence-electron chi connectivity index (χ1n) is 5.98. The molecule has 0 saturated heterocycles. The molecule has 2 rings (SSSR count). The molecule has 6 heteroatoms. The number of aliphatic hydroxyl groups is 1. The molecule has 0 heterocycles. The van der Waals surface area contributed by atoms with Gasteiger partial charge in [-0.2, -0.15) is 13.2 Å². The maximum absolute atomic E-state index is 12.5. The fourth-order valence-electron chi connectivity index (χ4n) is 2.03. The number of halogens is 3. The van der Waals surface area contributed by atoms with E-state index in [0.29, 0.717) is 18.4 Å². The fraction of sp³-hybridized carbons (Fsp3) is 0.462. The van der Waals surface area contributed by atoms with Gasteiger partial charge in [-0.05, 0) is 24.5 Å². The van der Waals surface area contributed by atoms with Crippen LogP contribution in [0.5, 0.6) is 0 Å². The van der Waals surface area contributed by atoms with Crippen molar-refractivity contribution in [2.75, 3.05) is 0 Å². The van der Waals surface area contributed by atoms with Crippen molar-refractivity contribution in [2.24, 2.45) is 0 Å². The molecule has 0 bridgehead atoms. The Bertz CT molecular complexity index is 467. The number of alkyl halides is 3. The summed E-state index contributed by atoms with van der Waals surface area (Å²) in [4.78, 5) is 11.6. The minimum Gasteiger partial charge on any atom is -0.393 e. The zero-order valence-electron chi connectivity index (χ0n) is 10.1. The van der Waals surface area contributed by atoms with Gasteiger partial charge in [-0.1, -0.05) is 18.2 Å². The third-order valence-electron chi connectivity index (χ3n) is 3.10. The largest absolute Gasteiger partial charge is 0.416 e. The second-order valence-electron chi connectivity index (χ2n) is 4.76. The van der Waals surface area contributed by atoms with Crippen LogP contribution in [0, 0.1) is 0 Å². The van der Waals surface area contributed by atoms with Gasteiger partial charge >= 0.3 is 6.18 Å². The zero-order chi connectivity index (χ0) is 14.0. The molecular formula is C13H14F3NO2. The van der Waals surface area contributed by atoms with E-state index in [-0.39, 0.29) is 24.5 Å². The maximum atomic E-state index is 12.5. The van der Waals surface area contributed by atoms with Crippen LogP contribution in [0.25, 0.3) is 0 Å². The number of hydrogen-bond donors (Lipinski definition) is 2. The highest BCUT2D eigenvalue weighted by Crippen LogP contribution is 2.29. The zero-order valence-corrected chi connectivity index (χ0v) is 10.1. The number of carbonyl (C=O) groups excluding carboxylic acids is 1. The van der Waals surface area contributed by atoms with Crippen LogP contribution in [-0.4, -0.2) is 23.2 Å². The highest BCUT2D eigenvalue weighted by atomic mass is 19.4. The van der Waals surface area contributed by atoms with Crippen molar-refractivity contribution >= 4 is 5.91 Å². The predicted molar refractivity (Wildman–Crippen MR) is 62.3 cm³/mol. The summed E-state index contributed by atoms with van der Waals surface area (Å²) in [7, 11) is 0. The van der Waals surface area contributed by atoms with E-state index >= 15 is 0 Å². The van der Waals surface area contributed by atoms with Crippen molar-refractivity contribution in [1.29, 1.82) is 0 Å². The molecule has 1 amide bonds. The summed E-state index contributed by atoms with van der Waals surface area (Å²) < 4.78 is 37.5. The summed E-state index contributed by atoms with van der Waals surface area (Å²) in [5.41, 5.74) is -0.427. The Hall–Kier alpha value is -1.56. The molecule has 1 aliphatic rings. The van der Waals surface area contributed by atoms with Crippen LogP contribution in [0.4, 0.5) is 13.2 Å². The van der Waals surface area contributed by atoms with Crippen molar-refractivity contribution in [1.82, 2.24) is 5.32 Å². The normalized spacial score (nSPS) is 22.7. The van der Waals surface area contributed by atoms with Gasteiger partial charge < -0.3 is 10.4 Å². The summed E-state index contributed by atoms with van der Waals surface area (Å²) in [5, 5.41) is 11.7. The van der Waals surface area contributed by atoms with E-state index in [1.807, 2.05) is 0 Å². The summed E-state index contributed by atoms with van der Waals surface area (Å²) in [6.07, 6.45) is -3.84. The van der Waals surface area contributed by atoms with Crippen molar-refractivity contribution < 1.29 is 23.1 Å². The van der Waals surface area contributed by atoms with Gasteiger partial charge in [-0.3, -0.25) is 4.79 Å². The molecular weight excluding hydrogens is 259 g/mol. The van der Waals surface area contributed by atoms with E-state index in [1.165, 1.54) is 12.1 Å². The highest BCUT2D eigenvalue weighted by molar-refractivity contribution is 5.79.